The highest BCUT2D eigenvalue weighted by molar-refractivity contribution is 6.33. The van der Waals surface area contributed by atoms with Crippen molar-refractivity contribution < 1.29 is 14.3 Å². The van der Waals surface area contributed by atoms with Crippen LogP contribution in [0.1, 0.15) is 29.8 Å². The lowest BCUT2D eigenvalue weighted by atomic mass is 9.84. The maximum Gasteiger partial charge on any atom is 0.269 e. The van der Waals surface area contributed by atoms with E-state index in [1.807, 2.05) is 50.2 Å². The Balaban J connectivity index is 1.59. The van der Waals surface area contributed by atoms with Crippen LogP contribution in [0.15, 0.2) is 60.8 Å². The van der Waals surface area contributed by atoms with E-state index in [-0.39, 0.29) is 23.2 Å². The molecule has 6 nitrogen and oxygen atoms in total. The molecule has 0 radical (unpaired) electrons. The third kappa shape index (κ3) is 4.29. The molecular formula is C24H21Cl2N3O3. The molecular weight excluding hydrogens is 449 g/mol. The summed E-state index contributed by atoms with van der Waals surface area (Å²) in [5.41, 5.74) is 1.71. The summed E-state index contributed by atoms with van der Waals surface area (Å²) >= 11 is 12.6. The molecule has 1 aliphatic heterocycles. The Kier molecular flexibility index (Phi) is 6.09. The van der Waals surface area contributed by atoms with Gasteiger partial charge in [-0.25, -0.2) is 4.98 Å². The number of fused-ring (bicyclic) bond motifs is 1. The summed E-state index contributed by atoms with van der Waals surface area (Å²) < 4.78 is 5.49. The lowest BCUT2D eigenvalue weighted by Gasteiger charge is -2.29. The quantitative estimate of drug-likeness (QED) is 0.524. The van der Waals surface area contributed by atoms with Crippen molar-refractivity contribution in [3.8, 4) is 5.75 Å². The number of hydrogen-bond acceptors (Lipinski definition) is 4. The van der Waals surface area contributed by atoms with Crippen LogP contribution in [0.4, 0.5) is 11.4 Å². The lowest BCUT2D eigenvalue weighted by molar-refractivity contribution is -0.120. The Morgan fingerprint density at radius 3 is 2.66 bits per heavy atom. The number of carbonyl (C=O) groups excluding carboxylic acids is 2. The van der Waals surface area contributed by atoms with Gasteiger partial charge in [0.25, 0.3) is 11.8 Å². The van der Waals surface area contributed by atoms with Gasteiger partial charge in [-0.15, -0.1) is 0 Å². The highest BCUT2D eigenvalue weighted by atomic mass is 35.5. The van der Waals surface area contributed by atoms with Crippen LogP contribution in [0.3, 0.4) is 0 Å². The van der Waals surface area contributed by atoms with Crippen LogP contribution in [-0.4, -0.2) is 29.9 Å². The van der Waals surface area contributed by atoms with Crippen LogP contribution < -0.4 is 15.0 Å². The summed E-state index contributed by atoms with van der Waals surface area (Å²) in [5.74, 6) is -0.0768. The molecule has 2 heterocycles. The van der Waals surface area contributed by atoms with Gasteiger partial charge < -0.3 is 10.1 Å². The van der Waals surface area contributed by atoms with Gasteiger partial charge in [0.2, 0.25) is 0 Å². The van der Waals surface area contributed by atoms with Crippen molar-refractivity contribution in [2.24, 2.45) is 0 Å². The van der Waals surface area contributed by atoms with Crippen LogP contribution >= 0.6 is 23.2 Å². The third-order valence-corrected chi connectivity index (χ3v) is 5.96. The van der Waals surface area contributed by atoms with Gasteiger partial charge in [-0.05, 0) is 29.8 Å². The number of rotatable bonds is 5. The number of pyridine rings is 1. The van der Waals surface area contributed by atoms with Crippen molar-refractivity contribution in [2.75, 3.05) is 18.1 Å². The minimum absolute atomic E-state index is 0.0517. The SMILES string of the molecule is CC(C)(CNC(=O)c1cc(N2C(=O)COc3ccccc32)cnc1Cl)c1ccccc1Cl. The average Bonchev–Trinajstić information content (AvgIpc) is 2.78. The molecule has 0 aliphatic carbocycles. The molecule has 8 heteroatoms. The standard InChI is InChI=1S/C24H21Cl2N3O3/c1-24(2,17-7-3-4-8-18(17)25)14-28-23(31)16-11-15(12-27-22(16)26)29-19-9-5-6-10-20(19)32-13-21(29)30/h3-12H,13-14H2,1-2H3,(H,28,31). The number of carbonyl (C=O) groups is 2. The Morgan fingerprint density at radius 2 is 1.88 bits per heavy atom. The van der Waals surface area contributed by atoms with Crippen molar-refractivity contribution in [3.05, 3.63) is 82.1 Å². The molecule has 1 N–H and O–H groups in total. The van der Waals surface area contributed by atoms with Gasteiger partial charge in [0.15, 0.2) is 6.61 Å². The highest BCUT2D eigenvalue weighted by Gasteiger charge is 2.29. The van der Waals surface area contributed by atoms with Gasteiger partial charge in [-0.1, -0.05) is 67.4 Å². The van der Waals surface area contributed by atoms with E-state index >= 15 is 0 Å². The van der Waals surface area contributed by atoms with E-state index in [2.05, 4.69) is 10.3 Å². The van der Waals surface area contributed by atoms with Crippen LogP contribution in [0.25, 0.3) is 0 Å². The lowest BCUT2D eigenvalue weighted by Crippen LogP contribution is -2.37. The van der Waals surface area contributed by atoms with Crippen molar-refractivity contribution in [2.45, 2.75) is 19.3 Å². The fourth-order valence-electron chi connectivity index (χ4n) is 3.61. The molecule has 0 bridgehead atoms. The molecule has 2 aromatic carbocycles. The highest BCUT2D eigenvalue weighted by Crippen LogP contribution is 2.37. The first kappa shape index (κ1) is 22.1. The monoisotopic (exact) mass is 469 g/mol. The smallest absolute Gasteiger partial charge is 0.269 e. The Hall–Kier alpha value is -3.09. The second kappa shape index (κ2) is 8.81. The number of nitrogens with one attached hydrogen (secondary N) is 1. The Morgan fingerprint density at radius 1 is 1.16 bits per heavy atom. The molecule has 0 fully saturated rings. The number of ether oxygens (including phenoxy) is 1. The topological polar surface area (TPSA) is 71.5 Å². The van der Waals surface area contributed by atoms with E-state index in [0.717, 1.165) is 5.56 Å². The number of anilines is 2. The number of benzene rings is 2. The largest absolute Gasteiger partial charge is 0.482 e. The molecule has 1 aliphatic rings. The van der Waals surface area contributed by atoms with E-state index in [1.165, 1.54) is 11.1 Å². The first-order chi connectivity index (χ1) is 15.3. The third-order valence-electron chi connectivity index (χ3n) is 5.33. The van der Waals surface area contributed by atoms with E-state index in [4.69, 9.17) is 27.9 Å². The molecule has 3 aromatic rings. The van der Waals surface area contributed by atoms with Crippen LogP contribution in [-0.2, 0) is 10.2 Å². The van der Waals surface area contributed by atoms with Gasteiger partial charge in [-0.3, -0.25) is 14.5 Å². The van der Waals surface area contributed by atoms with Crippen LogP contribution in [0.5, 0.6) is 5.75 Å². The predicted molar refractivity (Wildman–Crippen MR) is 125 cm³/mol. The molecule has 0 spiro atoms. The summed E-state index contributed by atoms with van der Waals surface area (Å²) in [6.45, 7) is 4.21. The summed E-state index contributed by atoms with van der Waals surface area (Å²) in [6, 6.07) is 16.3. The number of halogens is 2. The summed E-state index contributed by atoms with van der Waals surface area (Å²) in [7, 11) is 0. The number of para-hydroxylation sites is 2. The first-order valence-corrected chi connectivity index (χ1v) is 10.8. The van der Waals surface area contributed by atoms with Gasteiger partial charge in [0.1, 0.15) is 10.9 Å². The number of hydrogen-bond donors (Lipinski definition) is 1. The predicted octanol–water partition coefficient (Wildman–Crippen LogP) is 5.15. The fourth-order valence-corrected chi connectivity index (χ4v) is 4.19. The Bertz CT molecular complexity index is 1200. The minimum atomic E-state index is -0.412. The normalized spacial score (nSPS) is 13.4. The molecule has 2 amide bonds. The van der Waals surface area contributed by atoms with Crippen molar-refractivity contribution in [1.82, 2.24) is 10.3 Å². The second-order valence-corrected chi connectivity index (χ2v) is 8.83. The van der Waals surface area contributed by atoms with E-state index in [1.54, 1.807) is 18.2 Å². The van der Waals surface area contributed by atoms with Crippen molar-refractivity contribution >= 4 is 46.4 Å². The van der Waals surface area contributed by atoms with E-state index in [9.17, 15) is 9.59 Å². The van der Waals surface area contributed by atoms with Gasteiger partial charge in [0.05, 0.1) is 23.1 Å². The maximum absolute atomic E-state index is 13.0. The van der Waals surface area contributed by atoms with Crippen LogP contribution in [0, 0.1) is 0 Å². The molecule has 32 heavy (non-hydrogen) atoms. The molecule has 0 saturated carbocycles. The first-order valence-electron chi connectivity index (χ1n) is 10.0. The molecule has 1 aromatic heterocycles. The molecule has 0 unspecified atom stereocenters. The zero-order chi connectivity index (χ0) is 22.9. The molecule has 0 saturated heterocycles. The van der Waals surface area contributed by atoms with Gasteiger partial charge in [-0.2, -0.15) is 0 Å². The molecule has 164 valence electrons. The van der Waals surface area contributed by atoms with E-state index in [0.29, 0.717) is 28.7 Å². The summed E-state index contributed by atoms with van der Waals surface area (Å²) in [4.78, 5) is 31.2. The summed E-state index contributed by atoms with van der Waals surface area (Å²) in [5, 5.41) is 3.60. The summed E-state index contributed by atoms with van der Waals surface area (Å²) in [6.07, 6.45) is 1.47. The van der Waals surface area contributed by atoms with Crippen molar-refractivity contribution in [1.29, 1.82) is 0 Å². The minimum Gasteiger partial charge on any atom is -0.482 e. The fraction of sp³-hybridized carbons (Fsp3) is 0.208. The van der Waals surface area contributed by atoms with E-state index < -0.39 is 11.3 Å². The zero-order valence-electron chi connectivity index (χ0n) is 17.6. The number of amides is 2. The van der Waals surface area contributed by atoms with Gasteiger partial charge >= 0.3 is 0 Å². The second-order valence-electron chi connectivity index (χ2n) is 8.06. The Labute approximate surface area is 196 Å². The molecule has 4 rings (SSSR count). The zero-order valence-corrected chi connectivity index (χ0v) is 19.1. The number of aromatic nitrogens is 1. The number of nitrogens with zero attached hydrogens (tertiary/aromatic N) is 2. The van der Waals surface area contributed by atoms with Gasteiger partial charge in [0, 0.05) is 17.0 Å². The van der Waals surface area contributed by atoms with Crippen LogP contribution in [0.2, 0.25) is 10.2 Å². The molecule has 0 atom stereocenters. The van der Waals surface area contributed by atoms with Crippen molar-refractivity contribution in [3.63, 3.8) is 0 Å². The maximum atomic E-state index is 13.0. The average molecular weight is 470 g/mol.